The van der Waals surface area contributed by atoms with Crippen molar-refractivity contribution in [3.05, 3.63) is 60.3 Å². The van der Waals surface area contributed by atoms with Crippen LogP contribution in [0.25, 0.3) is 10.9 Å². The van der Waals surface area contributed by atoms with Gasteiger partial charge in [-0.05, 0) is 24.3 Å². The highest BCUT2D eigenvalue weighted by Crippen LogP contribution is 2.32. The van der Waals surface area contributed by atoms with E-state index in [0.717, 1.165) is 33.1 Å². The van der Waals surface area contributed by atoms with Gasteiger partial charge in [0.2, 0.25) is 0 Å². The Hall–Kier alpha value is -2.73. The Morgan fingerprint density at radius 1 is 1.24 bits per heavy atom. The Morgan fingerprint density at radius 2 is 2.08 bits per heavy atom. The molecule has 0 fully saturated rings. The van der Waals surface area contributed by atoms with Crippen LogP contribution in [0.15, 0.2) is 59.6 Å². The van der Waals surface area contributed by atoms with E-state index in [0.29, 0.717) is 5.75 Å². The summed E-state index contributed by atoms with van der Waals surface area (Å²) in [4.78, 5) is 18.8. The number of hydrogen-bond acceptors (Lipinski definition) is 4. The van der Waals surface area contributed by atoms with Crippen LogP contribution in [0, 0.1) is 0 Å². The van der Waals surface area contributed by atoms with Crippen LogP contribution in [0.3, 0.4) is 0 Å². The molecule has 2 N–H and O–H groups in total. The number of aromatic amines is 1. The van der Waals surface area contributed by atoms with Gasteiger partial charge in [-0.2, -0.15) is 0 Å². The van der Waals surface area contributed by atoms with Gasteiger partial charge in [-0.25, -0.2) is 0 Å². The van der Waals surface area contributed by atoms with E-state index in [4.69, 9.17) is 9.84 Å². The van der Waals surface area contributed by atoms with Crippen molar-refractivity contribution in [2.75, 3.05) is 5.75 Å². The van der Waals surface area contributed by atoms with E-state index in [1.54, 1.807) is 11.8 Å². The van der Waals surface area contributed by atoms with Gasteiger partial charge in [-0.3, -0.25) is 9.79 Å². The minimum absolute atomic E-state index is 0.0685. The average Bonchev–Trinajstić information content (AvgIpc) is 3.22. The molecule has 6 heteroatoms. The lowest BCUT2D eigenvalue weighted by Crippen LogP contribution is -2.10. The van der Waals surface area contributed by atoms with Gasteiger partial charge in [0, 0.05) is 11.1 Å². The predicted molar refractivity (Wildman–Crippen MR) is 99.9 cm³/mol. The molecule has 4 rings (SSSR count). The van der Waals surface area contributed by atoms with Gasteiger partial charge in [-0.15, -0.1) is 11.8 Å². The number of benzene rings is 2. The Morgan fingerprint density at radius 3 is 2.88 bits per heavy atom. The summed E-state index contributed by atoms with van der Waals surface area (Å²) in [7, 11) is 0. The number of aliphatic carboxylic acids is 1. The van der Waals surface area contributed by atoms with Crippen molar-refractivity contribution in [2.45, 2.75) is 12.5 Å². The van der Waals surface area contributed by atoms with E-state index in [9.17, 15) is 4.79 Å². The summed E-state index contributed by atoms with van der Waals surface area (Å²) in [6.45, 7) is 0. The van der Waals surface area contributed by atoms with Crippen molar-refractivity contribution in [1.29, 1.82) is 0 Å². The van der Waals surface area contributed by atoms with E-state index in [2.05, 4.69) is 9.98 Å². The normalized spacial score (nSPS) is 16.8. The highest BCUT2D eigenvalue weighted by molar-refractivity contribution is 8.14. The van der Waals surface area contributed by atoms with Crippen molar-refractivity contribution in [3.63, 3.8) is 0 Å². The Kier molecular flexibility index (Phi) is 4.19. The quantitative estimate of drug-likeness (QED) is 0.718. The van der Waals surface area contributed by atoms with Crippen LogP contribution in [0.1, 0.15) is 12.1 Å². The van der Waals surface area contributed by atoms with Gasteiger partial charge in [0.1, 0.15) is 10.8 Å². The maximum absolute atomic E-state index is 10.9. The summed E-state index contributed by atoms with van der Waals surface area (Å²) >= 11 is 1.59. The first kappa shape index (κ1) is 15.8. The third-order valence-electron chi connectivity index (χ3n) is 3.94. The Bertz CT molecular complexity index is 950. The number of hydrogen-bond donors (Lipinski definition) is 2. The lowest BCUT2D eigenvalue weighted by atomic mass is 10.2. The third-order valence-corrected chi connectivity index (χ3v) is 5.09. The number of nitrogens with one attached hydrogen (secondary N) is 1. The minimum Gasteiger partial charge on any atom is -0.481 e. The monoisotopic (exact) mass is 352 g/mol. The predicted octanol–water partition coefficient (Wildman–Crippen LogP) is 4.30. The maximum atomic E-state index is 10.9. The first-order valence-electron chi connectivity index (χ1n) is 7.96. The fraction of sp³-hybridized carbons (Fsp3) is 0.158. The van der Waals surface area contributed by atoms with Crippen LogP contribution < -0.4 is 4.74 Å². The number of carboxylic acids is 1. The SMILES string of the molecule is O=C(O)C[C@@H]1CSC(c2cc3cccc(Oc4ccccc4)c3[nH]2)=N1. The van der Waals surface area contributed by atoms with Crippen molar-refractivity contribution >= 4 is 33.7 Å². The maximum Gasteiger partial charge on any atom is 0.305 e. The van der Waals surface area contributed by atoms with Crippen LogP contribution in [-0.4, -0.2) is 32.9 Å². The van der Waals surface area contributed by atoms with Crippen molar-refractivity contribution in [3.8, 4) is 11.5 Å². The van der Waals surface area contributed by atoms with Crippen molar-refractivity contribution in [2.24, 2.45) is 4.99 Å². The lowest BCUT2D eigenvalue weighted by molar-refractivity contribution is -0.137. The molecule has 1 atom stereocenters. The summed E-state index contributed by atoms with van der Waals surface area (Å²) in [5, 5.41) is 10.8. The molecule has 2 heterocycles. The number of carbonyl (C=O) groups is 1. The number of rotatable bonds is 5. The second kappa shape index (κ2) is 6.64. The number of ether oxygens (including phenoxy) is 1. The number of H-pyrrole nitrogens is 1. The zero-order valence-electron chi connectivity index (χ0n) is 13.3. The summed E-state index contributed by atoms with van der Waals surface area (Å²) < 4.78 is 5.99. The van der Waals surface area contributed by atoms with Gasteiger partial charge in [0.25, 0.3) is 0 Å². The van der Waals surface area contributed by atoms with E-state index in [1.165, 1.54) is 0 Å². The fourth-order valence-electron chi connectivity index (χ4n) is 2.81. The molecule has 0 radical (unpaired) electrons. The van der Waals surface area contributed by atoms with E-state index in [1.807, 2.05) is 54.6 Å². The average molecular weight is 352 g/mol. The molecular weight excluding hydrogens is 336 g/mol. The van der Waals surface area contributed by atoms with Crippen LogP contribution >= 0.6 is 11.8 Å². The zero-order valence-corrected chi connectivity index (χ0v) is 14.1. The third kappa shape index (κ3) is 3.39. The van der Waals surface area contributed by atoms with E-state index >= 15 is 0 Å². The molecule has 0 spiro atoms. The first-order valence-corrected chi connectivity index (χ1v) is 8.95. The molecule has 1 aliphatic heterocycles. The molecule has 25 heavy (non-hydrogen) atoms. The number of aromatic nitrogens is 1. The van der Waals surface area contributed by atoms with Crippen LogP contribution in [0.2, 0.25) is 0 Å². The van der Waals surface area contributed by atoms with Gasteiger partial charge in [0.05, 0.1) is 23.7 Å². The summed E-state index contributed by atoms with van der Waals surface area (Å²) in [6, 6.07) is 17.4. The summed E-state index contributed by atoms with van der Waals surface area (Å²) in [6.07, 6.45) is 0.0685. The van der Waals surface area contributed by atoms with Gasteiger partial charge in [0.15, 0.2) is 5.75 Å². The summed E-state index contributed by atoms with van der Waals surface area (Å²) in [5.74, 6) is 1.41. The highest BCUT2D eigenvalue weighted by Gasteiger charge is 2.23. The molecule has 0 saturated heterocycles. The fourth-order valence-corrected chi connectivity index (χ4v) is 3.84. The molecular formula is C19H16N2O3S. The molecule has 1 aromatic heterocycles. The lowest BCUT2D eigenvalue weighted by Gasteiger charge is -2.06. The first-order chi connectivity index (χ1) is 12.2. The Labute approximate surface area is 148 Å². The second-order valence-corrected chi connectivity index (χ2v) is 6.82. The zero-order chi connectivity index (χ0) is 17.2. The molecule has 0 aliphatic carbocycles. The molecule has 5 nitrogen and oxygen atoms in total. The van der Waals surface area contributed by atoms with Gasteiger partial charge >= 0.3 is 5.97 Å². The van der Waals surface area contributed by atoms with E-state index in [-0.39, 0.29) is 12.5 Å². The number of fused-ring (bicyclic) bond motifs is 1. The number of para-hydroxylation sites is 2. The summed E-state index contributed by atoms with van der Waals surface area (Å²) in [5.41, 5.74) is 1.81. The van der Waals surface area contributed by atoms with Crippen LogP contribution in [-0.2, 0) is 4.79 Å². The molecule has 0 unspecified atom stereocenters. The molecule has 0 amide bonds. The molecule has 3 aromatic rings. The van der Waals surface area contributed by atoms with Crippen molar-refractivity contribution in [1.82, 2.24) is 4.98 Å². The number of nitrogens with zero attached hydrogens (tertiary/aromatic N) is 1. The Balaban J connectivity index is 1.65. The van der Waals surface area contributed by atoms with Crippen LogP contribution in [0.4, 0.5) is 0 Å². The number of carboxylic acid groups (broad SMARTS) is 1. The highest BCUT2D eigenvalue weighted by atomic mass is 32.2. The topological polar surface area (TPSA) is 74.7 Å². The van der Waals surface area contributed by atoms with Crippen molar-refractivity contribution < 1.29 is 14.6 Å². The second-order valence-electron chi connectivity index (χ2n) is 5.82. The minimum atomic E-state index is -0.814. The number of thioether (sulfide) groups is 1. The molecule has 2 aromatic carbocycles. The molecule has 1 aliphatic rings. The number of aliphatic imine (C=N–C) groups is 1. The molecule has 0 saturated carbocycles. The van der Waals surface area contributed by atoms with E-state index < -0.39 is 5.97 Å². The smallest absolute Gasteiger partial charge is 0.305 e. The van der Waals surface area contributed by atoms with Crippen LogP contribution in [0.5, 0.6) is 11.5 Å². The van der Waals surface area contributed by atoms with Gasteiger partial charge in [-0.1, -0.05) is 30.3 Å². The molecule has 0 bridgehead atoms. The standard InChI is InChI=1S/C19H16N2O3S/c22-17(23)10-13-11-25-19(20-13)15-9-12-5-4-8-16(18(12)21-15)24-14-6-2-1-3-7-14/h1-9,13,21H,10-11H2,(H,22,23)/t13-/m1/s1. The molecule has 126 valence electrons. The largest absolute Gasteiger partial charge is 0.481 e. The van der Waals surface area contributed by atoms with Gasteiger partial charge < -0.3 is 14.8 Å².